The summed E-state index contributed by atoms with van der Waals surface area (Å²) < 4.78 is 16.0. The maximum absolute atomic E-state index is 11.8. The Balaban J connectivity index is 1.87. The molecule has 6 nitrogen and oxygen atoms in total. The standard InChI is InChI=1S/C20H23ClN2O4S/c1-4-26-19(24)15-10-9-14(11-16(15)21)23-20(28)22-13(2)12-27-18-8-6-5-7-17(18)25-3/h5-11,13H,4,12H2,1-3H3,(H2,22,23,28)/t13-/m1/s1. The maximum atomic E-state index is 11.8. The van der Waals surface area contributed by atoms with Crippen molar-refractivity contribution >= 4 is 40.6 Å². The molecule has 0 heterocycles. The molecule has 0 aliphatic rings. The molecule has 2 N–H and O–H groups in total. The van der Waals surface area contributed by atoms with Crippen LogP contribution in [0.1, 0.15) is 24.2 Å². The van der Waals surface area contributed by atoms with Crippen LogP contribution in [-0.4, -0.2) is 37.4 Å². The van der Waals surface area contributed by atoms with Gasteiger partial charge in [0.25, 0.3) is 0 Å². The summed E-state index contributed by atoms with van der Waals surface area (Å²) in [7, 11) is 1.60. The summed E-state index contributed by atoms with van der Waals surface area (Å²) in [4.78, 5) is 11.8. The van der Waals surface area contributed by atoms with Gasteiger partial charge in [0.1, 0.15) is 6.61 Å². The summed E-state index contributed by atoms with van der Waals surface area (Å²) in [6.45, 7) is 4.37. The zero-order chi connectivity index (χ0) is 20.5. The van der Waals surface area contributed by atoms with E-state index in [0.29, 0.717) is 39.5 Å². The van der Waals surface area contributed by atoms with E-state index in [-0.39, 0.29) is 12.6 Å². The molecule has 2 rings (SSSR count). The van der Waals surface area contributed by atoms with Crippen LogP contribution in [0.25, 0.3) is 0 Å². The number of ether oxygens (including phenoxy) is 3. The van der Waals surface area contributed by atoms with Crippen molar-refractivity contribution in [3.63, 3.8) is 0 Å². The first kappa shape index (κ1) is 21.8. The smallest absolute Gasteiger partial charge is 0.339 e. The second-order valence-electron chi connectivity index (χ2n) is 5.88. The third-order valence-electron chi connectivity index (χ3n) is 3.66. The van der Waals surface area contributed by atoms with Crippen LogP contribution in [0, 0.1) is 0 Å². The molecule has 28 heavy (non-hydrogen) atoms. The number of nitrogens with one attached hydrogen (secondary N) is 2. The molecule has 0 aliphatic heterocycles. The number of benzene rings is 2. The Morgan fingerprint density at radius 2 is 1.93 bits per heavy atom. The van der Waals surface area contributed by atoms with Crippen LogP contribution in [0.2, 0.25) is 5.02 Å². The highest BCUT2D eigenvalue weighted by molar-refractivity contribution is 7.80. The molecule has 150 valence electrons. The molecule has 1 atom stereocenters. The number of hydrogen-bond donors (Lipinski definition) is 2. The molecule has 0 aliphatic carbocycles. The van der Waals surface area contributed by atoms with Crippen molar-refractivity contribution in [1.82, 2.24) is 5.32 Å². The topological polar surface area (TPSA) is 68.8 Å². The summed E-state index contributed by atoms with van der Waals surface area (Å²) in [5, 5.41) is 6.87. The van der Waals surface area contributed by atoms with Gasteiger partial charge in [0, 0.05) is 5.69 Å². The normalized spacial score (nSPS) is 11.3. The number of anilines is 1. The number of esters is 1. The highest BCUT2D eigenvalue weighted by atomic mass is 35.5. The molecule has 0 aromatic heterocycles. The van der Waals surface area contributed by atoms with Crippen molar-refractivity contribution < 1.29 is 19.0 Å². The largest absolute Gasteiger partial charge is 0.493 e. The molecule has 0 unspecified atom stereocenters. The van der Waals surface area contributed by atoms with Crippen LogP contribution in [-0.2, 0) is 4.74 Å². The van der Waals surface area contributed by atoms with Crippen molar-refractivity contribution in [2.45, 2.75) is 19.9 Å². The highest BCUT2D eigenvalue weighted by Gasteiger charge is 2.13. The number of hydrogen-bond acceptors (Lipinski definition) is 5. The Morgan fingerprint density at radius 3 is 2.57 bits per heavy atom. The Labute approximate surface area is 175 Å². The van der Waals surface area contributed by atoms with Gasteiger partial charge in [0.05, 0.1) is 30.3 Å². The van der Waals surface area contributed by atoms with Gasteiger partial charge in [-0.2, -0.15) is 0 Å². The SMILES string of the molecule is CCOC(=O)c1ccc(NC(=S)N[C@H](C)COc2ccccc2OC)cc1Cl. The van der Waals surface area contributed by atoms with Gasteiger partial charge in [0.2, 0.25) is 0 Å². The zero-order valence-corrected chi connectivity index (χ0v) is 17.5. The van der Waals surface area contributed by atoms with Crippen molar-refractivity contribution in [1.29, 1.82) is 0 Å². The summed E-state index contributed by atoms with van der Waals surface area (Å²) >= 11 is 11.5. The molecule has 0 amide bonds. The lowest BCUT2D eigenvalue weighted by Gasteiger charge is -2.18. The van der Waals surface area contributed by atoms with Gasteiger partial charge in [-0.3, -0.25) is 0 Å². The number of carbonyl (C=O) groups excluding carboxylic acids is 1. The van der Waals surface area contributed by atoms with Crippen molar-refractivity contribution in [3.05, 3.63) is 53.1 Å². The molecule has 0 fully saturated rings. The molecule has 0 bridgehead atoms. The van der Waals surface area contributed by atoms with Gasteiger partial charge < -0.3 is 24.8 Å². The fourth-order valence-electron chi connectivity index (χ4n) is 2.35. The van der Waals surface area contributed by atoms with E-state index in [1.807, 2.05) is 31.2 Å². The second-order valence-corrected chi connectivity index (χ2v) is 6.69. The van der Waals surface area contributed by atoms with Crippen LogP contribution >= 0.6 is 23.8 Å². The predicted octanol–water partition coefficient (Wildman–Crippen LogP) is 4.28. The molecular formula is C20H23ClN2O4S. The van der Waals surface area contributed by atoms with Crippen molar-refractivity contribution in [2.75, 3.05) is 25.6 Å². The van der Waals surface area contributed by atoms with Gasteiger partial charge >= 0.3 is 5.97 Å². The molecule has 0 spiro atoms. The van der Waals surface area contributed by atoms with Crippen LogP contribution < -0.4 is 20.1 Å². The van der Waals surface area contributed by atoms with Crippen molar-refractivity contribution in [2.24, 2.45) is 0 Å². The molecule has 2 aromatic carbocycles. The van der Waals surface area contributed by atoms with Gasteiger partial charge in [-0.25, -0.2) is 4.79 Å². The molecule has 2 aromatic rings. The van der Waals surface area contributed by atoms with E-state index in [1.54, 1.807) is 32.2 Å². The van der Waals surface area contributed by atoms with Crippen molar-refractivity contribution in [3.8, 4) is 11.5 Å². The minimum Gasteiger partial charge on any atom is -0.493 e. The number of halogens is 1. The number of thiocarbonyl (C=S) groups is 1. The number of para-hydroxylation sites is 2. The third kappa shape index (κ3) is 6.28. The Bertz CT molecular complexity index is 832. The van der Waals surface area contributed by atoms with E-state index in [2.05, 4.69) is 10.6 Å². The second kappa shape index (κ2) is 10.7. The van der Waals surface area contributed by atoms with Gasteiger partial charge in [-0.1, -0.05) is 23.7 Å². The number of carbonyl (C=O) groups is 1. The Morgan fingerprint density at radius 1 is 1.21 bits per heavy atom. The molecule has 0 radical (unpaired) electrons. The van der Waals surface area contributed by atoms with Gasteiger partial charge in [-0.05, 0) is 56.4 Å². The quantitative estimate of drug-likeness (QED) is 0.486. The van der Waals surface area contributed by atoms with Crippen LogP contribution in [0.15, 0.2) is 42.5 Å². The Hall–Kier alpha value is -2.51. The monoisotopic (exact) mass is 422 g/mol. The minimum atomic E-state index is -0.457. The average Bonchev–Trinajstić information content (AvgIpc) is 2.66. The fourth-order valence-corrected chi connectivity index (χ4v) is 2.93. The van der Waals surface area contributed by atoms with Gasteiger partial charge in [0.15, 0.2) is 16.6 Å². The summed E-state index contributed by atoms with van der Waals surface area (Å²) in [5.41, 5.74) is 0.972. The van der Waals surface area contributed by atoms with E-state index < -0.39 is 5.97 Å². The van der Waals surface area contributed by atoms with Gasteiger partial charge in [-0.15, -0.1) is 0 Å². The maximum Gasteiger partial charge on any atom is 0.339 e. The fraction of sp³-hybridized carbons (Fsp3) is 0.300. The molecule has 0 saturated heterocycles. The first-order valence-electron chi connectivity index (χ1n) is 8.74. The van der Waals surface area contributed by atoms with E-state index in [9.17, 15) is 4.79 Å². The average molecular weight is 423 g/mol. The molecular weight excluding hydrogens is 400 g/mol. The van der Waals surface area contributed by atoms with Crippen LogP contribution in [0.3, 0.4) is 0 Å². The molecule has 0 saturated carbocycles. The minimum absolute atomic E-state index is 0.0563. The predicted molar refractivity (Wildman–Crippen MR) is 115 cm³/mol. The summed E-state index contributed by atoms with van der Waals surface area (Å²) in [6, 6.07) is 12.3. The van der Waals surface area contributed by atoms with E-state index in [4.69, 9.17) is 38.0 Å². The van der Waals surface area contributed by atoms with E-state index >= 15 is 0 Å². The number of rotatable bonds is 8. The van der Waals surface area contributed by atoms with Crippen LogP contribution in [0.4, 0.5) is 5.69 Å². The Kier molecular flexibility index (Phi) is 8.35. The van der Waals surface area contributed by atoms with Crippen LogP contribution in [0.5, 0.6) is 11.5 Å². The lowest BCUT2D eigenvalue weighted by Crippen LogP contribution is -2.39. The summed E-state index contributed by atoms with van der Waals surface area (Å²) in [6.07, 6.45) is 0. The first-order valence-corrected chi connectivity index (χ1v) is 9.53. The van der Waals surface area contributed by atoms with E-state index in [0.717, 1.165) is 0 Å². The lowest BCUT2D eigenvalue weighted by atomic mass is 10.2. The summed E-state index contributed by atoms with van der Waals surface area (Å²) in [5.74, 6) is 0.882. The zero-order valence-electron chi connectivity index (χ0n) is 16.0. The highest BCUT2D eigenvalue weighted by Crippen LogP contribution is 2.26. The first-order chi connectivity index (χ1) is 13.4. The third-order valence-corrected chi connectivity index (χ3v) is 4.19. The lowest BCUT2D eigenvalue weighted by molar-refractivity contribution is 0.0526. The number of methoxy groups -OCH3 is 1. The molecule has 8 heteroatoms. The van der Waals surface area contributed by atoms with E-state index in [1.165, 1.54) is 0 Å².